The second kappa shape index (κ2) is 5.41. The molecule has 0 radical (unpaired) electrons. The van der Waals surface area contributed by atoms with Crippen LogP contribution in [0.15, 0.2) is 49.0 Å². The number of ether oxygens (including phenoxy) is 2. The quantitative estimate of drug-likeness (QED) is 0.717. The van der Waals surface area contributed by atoms with Gasteiger partial charge in [0.25, 0.3) is 0 Å². The maximum absolute atomic E-state index is 8.98. The van der Waals surface area contributed by atoms with Crippen LogP contribution in [0.25, 0.3) is 0 Å². The maximum atomic E-state index is 8.98. The van der Waals surface area contributed by atoms with E-state index in [-0.39, 0.29) is 12.7 Å². The molecule has 1 unspecified atom stereocenters. The average Bonchev–Trinajstić information content (AvgIpc) is 2.27. The molecule has 3 heteroatoms. The van der Waals surface area contributed by atoms with E-state index in [4.69, 9.17) is 14.6 Å². The molecule has 1 N–H and O–H groups in total. The normalized spacial score (nSPS) is 23.8. The largest absolute Gasteiger partial charge is 0.486 e. The average molecular weight is 208 g/mol. The zero-order chi connectivity index (χ0) is 11.3. The summed E-state index contributed by atoms with van der Waals surface area (Å²) in [4.78, 5) is 0. The molecule has 0 saturated carbocycles. The zero-order valence-corrected chi connectivity index (χ0v) is 8.74. The minimum atomic E-state index is -0.328. The molecule has 1 aliphatic heterocycles. The maximum Gasteiger partial charge on any atom is 0.164 e. The molecule has 1 rings (SSSR count). The molecule has 15 heavy (non-hydrogen) atoms. The second-order valence-corrected chi connectivity index (χ2v) is 3.21. The van der Waals surface area contributed by atoms with Gasteiger partial charge in [0.1, 0.15) is 6.61 Å². The van der Waals surface area contributed by atoms with Crippen LogP contribution in [-0.4, -0.2) is 24.4 Å². The van der Waals surface area contributed by atoms with Gasteiger partial charge in [0.15, 0.2) is 17.6 Å². The van der Waals surface area contributed by atoms with Crippen molar-refractivity contribution in [3.63, 3.8) is 0 Å². The molecule has 0 bridgehead atoms. The van der Waals surface area contributed by atoms with Crippen LogP contribution in [0, 0.1) is 0 Å². The van der Waals surface area contributed by atoms with Crippen LogP contribution in [0.5, 0.6) is 0 Å². The molecule has 0 spiro atoms. The van der Waals surface area contributed by atoms with Gasteiger partial charge in [0.2, 0.25) is 0 Å². The van der Waals surface area contributed by atoms with Crippen molar-refractivity contribution in [2.75, 3.05) is 13.2 Å². The Morgan fingerprint density at radius 3 is 2.80 bits per heavy atom. The van der Waals surface area contributed by atoms with E-state index in [1.54, 1.807) is 12.2 Å². The lowest BCUT2D eigenvalue weighted by molar-refractivity contribution is -0.0344. The lowest BCUT2D eigenvalue weighted by atomic mass is 10.1. The van der Waals surface area contributed by atoms with Crippen molar-refractivity contribution in [3.05, 3.63) is 49.0 Å². The highest BCUT2D eigenvalue weighted by Gasteiger charge is 2.23. The molecule has 1 aliphatic rings. The fraction of sp³-hybridized carbons (Fsp3) is 0.333. The molecule has 0 aromatic carbocycles. The number of rotatable bonds is 4. The highest BCUT2D eigenvalue weighted by molar-refractivity contribution is 5.33. The van der Waals surface area contributed by atoms with Gasteiger partial charge in [0.05, 0.1) is 6.61 Å². The van der Waals surface area contributed by atoms with Crippen LogP contribution in [0.3, 0.4) is 0 Å². The van der Waals surface area contributed by atoms with Gasteiger partial charge in [-0.15, -0.1) is 6.58 Å². The van der Waals surface area contributed by atoms with Gasteiger partial charge in [-0.05, 0) is 6.42 Å². The Balaban J connectivity index is 2.91. The number of aliphatic hydroxyl groups is 1. The highest BCUT2D eigenvalue weighted by atomic mass is 16.6. The minimum absolute atomic E-state index is 0.0741. The van der Waals surface area contributed by atoms with E-state index in [2.05, 4.69) is 19.7 Å². The van der Waals surface area contributed by atoms with E-state index >= 15 is 0 Å². The molecule has 3 nitrogen and oxygen atoms in total. The zero-order valence-electron chi connectivity index (χ0n) is 8.74. The minimum Gasteiger partial charge on any atom is -0.486 e. The molecule has 1 saturated heterocycles. The molecule has 0 aromatic heterocycles. The topological polar surface area (TPSA) is 38.7 Å². The standard InChI is InChI=1S/C12H16O3/c1-4-6-10(5-2)12-9(3)14-8-11(7-13)15-12/h4-5,11,13H,1-3,6-8H2/b12-10-. The second-order valence-electron chi connectivity index (χ2n) is 3.21. The first kappa shape index (κ1) is 11.6. The van der Waals surface area contributed by atoms with Gasteiger partial charge in [-0.1, -0.05) is 25.3 Å². The Hall–Kier alpha value is -1.48. The molecule has 1 atom stereocenters. The van der Waals surface area contributed by atoms with Crippen LogP contribution < -0.4 is 0 Å². The van der Waals surface area contributed by atoms with E-state index in [1.807, 2.05) is 0 Å². The molecular weight excluding hydrogens is 192 g/mol. The summed E-state index contributed by atoms with van der Waals surface area (Å²) in [6.07, 6.45) is 3.75. The Kier molecular flexibility index (Phi) is 4.18. The van der Waals surface area contributed by atoms with Crippen LogP contribution in [0.1, 0.15) is 6.42 Å². The van der Waals surface area contributed by atoms with Crippen molar-refractivity contribution in [1.29, 1.82) is 0 Å². The van der Waals surface area contributed by atoms with Gasteiger partial charge in [0, 0.05) is 5.57 Å². The Morgan fingerprint density at radius 1 is 1.53 bits per heavy atom. The molecule has 0 amide bonds. The van der Waals surface area contributed by atoms with Crippen LogP contribution in [0.2, 0.25) is 0 Å². The number of hydrogen-bond donors (Lipinski definition) is 1. The molecule has 1 fully saturated rings. The van der Waals surface area contributed by atoms with Gasteiger partial charge in [-0.3, -0.25) is 0 Å². The van der Waals surface area contributed by atoms with Crippen molar-refractivity contribution >= 4 is 0 Å². The van der Waals surface area contributed by atoms with Gasteiger partial charge < -0.3 is 14.6 Å². The summed E-state index contributed by atoms with van der Waals surface area (Å²) >= 11 is 0. The van der Waals surface area contributed by atoms with E-state index < -0.39 is 0 Å². The number of aliphatic hydroxyl groups excluding tert-OH is 1. The highest BCUT2D eigenvalue weighted by Crippen LogP contribution is 2.25. The third-order valence-electron chi connectivity index (χ3n) is 2.09. The lowest BCUT2D eigenvalue weighted by Gasteiger charge is -2.28. The predicted molar refractivity (Wildman–Crippen MR) is 59.1 cm³/mol. The summed E-state index contributed by atoms with van der Waals surface area (Å²) in [6, 6.07) is 0. The number of allylic oxidation sites excluding steroid dienone is 3. The van der Waals surface area contributed by atoms with Gasteiger partial charge in [-0.2, -0.15) is 0 Å². The summed E-state index contributed by atoms with van der Waals surface area (Å²) in [5.74, 6) is 1.05. The Bertz CT molecular complexity index is 302. The summed E-state index contributed by atoms with van der Waals surface area (Å²) in [5.41, 5.74) is 0.869. The molecular formula is C12H16O3. The number of hydrogen-bond acceptors (Lipinski definition) is 3. The van der Waals surface area contributed by atoms with E-state index in [9.17, 15) is 0 Å². The van der Waals surface area contributed by atoms with Gasteiger partial charge >= 0.3 is 0 Å². The third kappa shape index (κ3) is 2.73. The fourth-order valence-electron chi connectivity index (χ4n) is 1.29. The fourth-order valence-corrected chi connectivity index (χ4v) is 1.29. The SMILES string of the molecule is C=CC/C(C=C)=C1\OC(CO)COC1=C. The van der Waals surface area contributed by atoms with Crippen LogP contribution in [-0.2, 0) is 9.47 Å². The first-order valence-electron chi connectivity index (χ1n) is 4.79. The smallest absolute Gasteiger partial charge is 0.164 e. The molecule has 1 heterocycles. The van der Waals surface area contributed by atoms with Crippen molar-refractivity contribution in [3.8, 4) is 0 Å². The molecule has 0 aromatic rings. The van der Waals surface area contributed by atoms with Crippen LogP contribution >= 0.6 is 0 Å². The van der Waals surface area contributed by atoms with Crippen molar-refractivity contribution < 1.29 is 14.6 Å². The van der Waals surface area contributed by atoms with Crippen LogP contribution in [0.4, 0.5) is 0 Å². The summed E-state index contributed by atoms with van der Waals surface area (Å²) in [5, 5.41) is 8.98. The van der Waals surface area contributed by atoms with Crippen molar-refractivity contribution in [1.82, 2.24) is 0 Å². The first-order chi connectivity index (χ1) is 7.22. The summed E-state index contributed by atoms with van der Waals surface area (Å²) < 4.78 is 10.8. The third-order valence-corrected chi connectivity index (χ3v) is 2.09. The van der Waals surface area contributed by atoms with Crippen molar-refractivity contribution in [2.45, 2.75) is 12.5 Å². The van der Waals surface area contributed by atoms with Gasteiger partial charge in [-0.25, -0.2) is 0 Å². The first-order valence-corrected chi connectivity index (χ1v) is 4.79. The monoisotopic (exact) mass is 208 g/mol. The summed E-state index contributed by atoms with van der Waals surface area (Å²) in [7, 11) is 0. The Morgan fingerprint density at radius 2 is 2.27 bits per heavy atom. The van der Waals surface area contributed by atoms with E-state index in [0.29, 0.717) is 24.5 Å². The summed E-state index contributed by atoms with van der Waals surface area (Å²) in [6.45, 7) is 11.3. The van der Waals surface area contributed by atoms with E-state index in [1.165, 1.54) is 0 Å². The van der Waals surface area contributed by atoms with Crippen molar-refractivity contribution in [2.24, 2.45) is 0 Å². The predicted octanol–water partition coefficient (Wildman–Crippen LogP) is 1.92. The molecule has 0 aliphatic carbocycles. The molecule has 82 valence electrons. The van der Waals surface area contributed by atoms with E-state index in [0.717, 1.165) is 5.57 Å². The lowest BCUT2D eigenvalue weighted by Crippen LogP contribution is -2.29. The Labute approximate surface area is 90.0 Å².